The Hall–Kier alpha value is -8.77. The van der Waals surface area contributed by atoms with Crippen molar-refractivity contribution in [3.63, 3.8) is 0 Å². The third-order valence-corrected chi connectivity index (χ3v) is 17.8. The topological polar surface area (TPSA) is 241 Å². The molecule has 0 bridgehead atoms. The average molecular weight is 1320 g/mol. The van der Waals surface area contributed by atoms with Crippen LogP contribution in [0.5, 0.6) is 0 Å². The molecule has 6 aliphatic rings. The second kappa shape index (κ2) is 29.5. The summed E-state index contributed by atoms with van der Waals surface area (Å²) in [5, 5.41) is 22.9. The maximum absolute atomic E-state index is 13.2. The van der Waals surface area contributed by atoms with E-state index in [1.807, 2.05) is 9.80 Å². The molecule has 3 aliphatic heterocycles. The first-order valence-electron chi connectivity index (χ1n) is 30.9. The number of carbonyl (C=O) groups is 6. The van der Waals surface area contributed by atoms with Crippen molar-refractivity contribution in [2.45, 2.75) is 76.3 Å². The number of nitrogens with zero attached hydrogens (tertiary/aromatic N) is 10. The van der Waals surface area contributed by atoms with Gasteiger partial charge in [0.05, 0.1) is 39.6 Å². The lowest BCUT2D eigenvalue weighted by molar-refractivity contribution is -0.138. The molecule has 6 aromatic rings. The fraction of sp³-hybridized carbons (Fsp3) is 0.484. The Kier molecular flexibility index (Phi) is 21.3. The minimum atomic E-state index is -4.59. The first-order chi connectivity index (χ1) is 44.5. The van der Waals surface area contributed by atoms with Crippen LogP contribution in [0.1, 0.15) is 136 Å². The lowest BCUT2D eigenvalue weighted by atomic mass is 10.1. The van der Waals surface area contributed by atoms with Gasteiger partial charge in [-0.25, -0.2) is 4.98 Å². The maximum Gasteiger partial charge on any atom is 0.417 e. The van der Waals surface area contributed by atoms with Crippen LogP contribution in [0.3, 0.4) is 0 Å². The van der Waals surface area contributed by atoms with Gasteiger partial charge in [-0.3, -0.25) is 39.0 Å². The van der Waals surface area contributed by atoms with Gasteiger partial charge in [-0.05, 0) is 73.4 Å². The fourth-order valence-electron chi connectivity index (χ4n) is 10.9. The van der Waals surface area contributed by atoms with Gasteiger partial charge in [0.2, 0.25) is 11.8 Å². The number of nitrogens with one attached hydrogen (secondary N) is 5. The van der Waals surface area contributed by atoms with E-state index in [-0.39, 0.29) is 79.5 Å². The number of thiazole rings is 1. The second-order valence-corrected chi connectivity index (χ2v) is 24.6. The molecule has 0 spiro atoms. The zero-order chi connectivity index (χ0) is 66.0. The van der Waals surface area contributed by atoms with Crippen molar-refractivity contribution in [3.8, 4) is 0 Å². The highest BCUT2D eigenvalue weighted by Gasteiger charge is 2.40. The Morgan fingerprint density at radius 3 is 1.28 bits per heavy atom. The minimum Gasteiger partial charge on any atom is -0.352 e. The number of alkyl halides is 9. The number of halogens is 9. The third-order valence-electron chi connectivity index (χ3n) is 16.8. The Labute approximate surface area is 532 Å². The van der Waals surface area contributed by atoms with E-state index in [2.05, 4.69) is 46.3 Å². The Morgan fingerprint density at radius 2 is 0.860 bits per heavy atom. The molecular formula is C62H70F9N15O6S. The van der Waals surface area contributed by atoms with Gasteiger partial charge in [-0.15, -0.1) is 5.10 Å². The molecule has 3 aromatic carbocycles. The Balaban J connectivity index is 0.000000153. The van der Waals surface area contributed by atoms with Crippen LogP contribution < -0.4 is 30.7 Å². The number of H-pyrrole nitrogens is 2. The SMILES string of the molecule is O=C(NCCC1CC1)c1cc(N2CCN(C(=O)c3ccccc3C(F)(F)F)CC2)n[nH]1.O=C(NCCC1CC1)c1cnc(N2CCN(C(=O)c3ccccc3C(F)(F)F)CC2)s1.O=C(NCCC1CC1)c1nc(N2CCN(C(=O)c3ccccc3C(F)(F)F)CC2)n[nH]1. The number of piperazine rings is 3. The number of carbonyl (C=O) groups excluding carboxylic acids is 6. The molecule has 3 aliphatic carbocycles. The number of benzene rings is 3. The molecule has 5 N–H and O–H groups in total. The highest BCUT2D eigenvalue weighted by molar-refractivity contribution is 7.17. The van der Waals surface area contributed by atoms with Gasteiger partial charge in [-0.2, -0.15) is 49.6 Å². The summed E-state index contributed by atoms with van der Waals surface area (Å²) in [5.41, 5.74) is -3.44. The fourth-order valence-corrected chi connectivity index (χ4v) is 11.8. The van der Waals surface area contributed by atoms with Gasteiger partial charge in [-0.1, -0.05) is 86.3 Å². The molecule has 498 valence electrons. The van der Waals surface area contributed by atoms with E-state index in [1.54, 1.807) is 17.2 Å². The quantitative estimate of drug-likeness (QED) is 0.0506. The Morgan fingerprint density at radius 1 is 0.473 bits per heavy atom. The largest absolute Gasteiger partial charge is 0.417 e. The average Bonchev–Trinajstić information content (AvgIpc) is 1.66. The number of amides is 6. The summed E-state index contributed by atoms with van der Waals surface area (Å²) in [6.45, 7) is 5.84. The van der Waals surface area contributed by atoms with Crippen molar-refractivity contribution < 1.29 is 68.3 Å². The van der Waals surface area contributed by atoms with Gasteiger partial charge < -0.3 is 45.3 Å². The normalized spacial score (nSPS) is 17.0. The first-order valence-corrected chi connectivity index (χ1v) is 31.7. The van der Waals surface area contributed by atoms with Crippen LogP contribution in [0.15, 0.2) is 85.1 Å². The van der Waals surface area contributed by atoms with Gasteiger partial charge in [0.25, 0.3) is 35.4 Å². The molecule has 12 rings (SSSR count). The smallest absolute Gasteiger partial charge is 0.352 e. The standard InChI is InChI=1S/C21H24F3N5O2.C21H23F3N4O2S.C20H23F3N6O2/c22-21(23,24)16-4-2-1-3-15(16)20(31)29-11-9-28(10-12-29)18-13-17(26-27-18)19(30)25-8-7-14-5-6-14;22-21(23,24)16-4-2-1-3-15(16)19(30)27-9-11-28(12-10-27)20-26-13-17(31-20)18(29)25-8-7-14-5-6-14;21-20(22,23)15-4-2-1-3-14(15)18(31)28-9-11-29(12-10-28)19-25-16(26-27-19)17(30)24-8-7-13-5-6-13/h1-4,13-14H,5-12H2,(H,25,30)(H,26,27);1-4,13-14H,5-12H2,(H,25,29);1-4,13H,5-12H2,(H,24,30)(H,25,26,27). The molecule has 6 fully saturated rings. The van der Waals surface area contributed by atoms with Crippen molar-refractivity contribution in [1.82, 2.24) is 61.0 Å². The van der Waals surface area contributed by atoms with E-state index < -0.39 is 52.9 Å². The van der Waals surface area contributed by atoms with Crippen LogP contribution in [0.2, 0.25) is 0 Å². The van der Waals surface area contributed by atoms with Gasteiger partial charge >= 0.3 is 18.5 Å². The third kappa shape index (κ3) is 18.1. The van der Waals surface area contributed by atoms with Crippen LogP contribution in [0, 0.1) is 17.8 Å². The number of hydrogen-bond acceptors (Lipinski definition) is 14. The molecular weight excluding hydrogens is 1250 g/mol. The summed E-state index contributed by atoms with van der Waals surface area (Å²) in [4.78, 5) is 93.6. The van der Waals surface area contributed by atoms with Gasteiger partial charge in [0.1, 0.15) is 10.6 Å². The van der Waals surface area contributed by atoms with Gasteiger partial charge in [0.15, 0.2) is 10.9 Å². The lowest BCUT2D eigenvalue weighted by Crippen LogP contribution is -2.49. The number of rotatable bonds is 18. The second-order valence-electron chi connectivity index (χ2n) is 23.6. The molecule has 93 heavy (non-hydrogen) atoms. The minimum absolute atomic E-state index is 0.114. The van der Waals surface area contributed by atoms with Crippen molar-refractivity contribution in [1.29, 1.82) is 0 Å². The molecule has 0 unspecified atom stereocenters. The summed E-state index contributed by atoms with van der Waals surface area (Å²) in [7, 11) is 0. The monoisotopic (exact) mass is 1320 g/mol. The van der Waals surface area contributed by atoms with Crippen molar-refractivity contribution >= 4 is 63.7 Å². The molecule has 31 heteroatoms. The van der Waals surface area contributed by atoms with Crippen molar-refractivity contribution in [2.75, 3.05) is 113 Å². The molecule has 3 saturated heterocycles. The number of hydrogen-bond donors (Lipinski definition) is 5. The Bertz CT molecular complexity index is 3210. The highest BCUT2D eigenvalue weighted by atomic mass is 32.1. The van der Waals surface area contributed by atoms with Crippen molar-refractivity contribution in [3.05, 3.63) is 135 Å². The molecule has 0 radical (unpaired) electrons. The molecule has 0 atom stereocenters. The van der Waals surface area contributed by atoms with Crippen LogP contribution in [-0.4, -0.2) is 179 Å². The predicted molar refractivity (Wildman–Crippen MR) is 325 cm³/mol. The van der Waals surface area contributed by atoms with E-state index in [1.165, 1.54) is 119 Å². The summed E-state index contributed by atoms with van der Waals surface area (Å²) in [5.74, 6) is 0.641. The van der Waals surface area contributed by atoms with Crippen LogP contribution in [-0.2, 0) is 18.5 Å². The molecule has 21 nitrogen and oxygen atoms in total. The number of aromatic nitrogens is 6. The highest BCUT2D eigenvalue weighted by Crippen LogP contribution is 2.37. The molecule has 6 heterocycles. The molecule has 3 aromatic heterocycles. The van der Waals surface area contributed by atoms with E-state index in [9.17, 15) is 68.3 Å². The van der Waals surface area contributed by atoms with Crippen LogP contribution >= 0.6 is 11.3 Å². The van der Waals surface area contributed by atoms with Crippen LogP contribution in [0.4, 0.5) is 56.4 Å². The van der Waals surface area contributed by atoms with E-state index in [0.29, 0.717) is 92.3 Å². The van der Waals surface area contributed by atoms with E-state index >= 15 is 0 Å². The summed E-state index contributed by atoms with van der Waals surface area (Å²) >= 11 is 1.28. The van der Waals surface area contributed by atoms with Gasteiger partial charge in [0, 0.05) is 104 Å². The maximum atomic E-state index is 13.2. The van der Waals surface area contributed by atoms with Crippen LogP contribution in [0.25, 0.3) is 0 Å². The number of anilines is 3. The molecule has 6 amide bonds. The van der Waals surface area contributed by atoms with E-state index in [4.69, 9.17) is 0 Å². The van der Waals surface area contributed by atoms with Crippen molar-refractivity contribution in [2.24, 2.45) is 17.8 Å². The van der Waals surface area contributed by atoms with E-state index in [0.717, 1.165) is 49.3 Å². The summed E-state index contributed by atoms with van der Waals surface area (Å²) in [6.07, 6.45) is -1.85. The summed E-state index contributed by atoms with van der Waals surface area (Å²) < 4.78 is 119. The summed E-state index contributed by atoms with van der Waals surface area (Å²) in [6, 6.07) is 16.1. The first kappa shape index (κ1) is 67.1. The lowest BCUT2D eigenvalue weighted by Gasteiger charge is -2.35. The molecule has 3 saturated carbocycles. The predicted octanol–water partition coefficient (Wildman–Crippen LogP) is 8.89. The zero-order valence-electron chi connectivity index (χ0n) is 50.5. The zero-order valence-corrected chi connectivity index (χ0v) is 51.3. The number of aromatic amines is 2.